The summed E-state index contributed by atoms with van der Waals surface area (Å²) < 4.78 is 7.47. The van der Waals surface area contributed by atoms with Gasteiger partial charge in [-0.15, -0.1) is 0 Å². The second-order valence-corrected chi connectivity index (χ2v) is 8.92. The zero-order valence-electron chi connectivity index (χ0n) is 18.4. The molecule has 0 N–H and O–H groups in total. The predicted molar refractivity (Wildman–Crippen MR) is 118 cm³/mol. The highest BCUT2D eigenvalue weighted by Gasteiger charge is 2.34. The molecule has 3 rings (SSSR count). The molecule has 0 spiro atoms. The summed E-state index contributed by atoms with van der Waals surface area (Å²) in [6.45, 7) is 6.12. The normalized spacial score (nSPS) is 22.4. The molecule has 0 unspecified atom stereocenters. The molecule has 2 atom stereocenters. The Morgan fingerprint density at radius 2 is 1.86 bits per heavy atom. The summed E-state index contributed by atoms with van der Waals surface area (Å²) >= 11 is 0. The van der Waals surface area contributed by atoms with Crippen molar-refractivity contribution in [1.29, 1.82) is 0 Å². The fourth-order valence-electron chi connectivity index (χ4n) is 5.22. The highest BCUT2D eigenvalue weighted by Crippen LogP contribution is 2.31. The summed E-state index contributed by atoms with van der Waals surface area (Å²) in [7, 11) is 1.75. The van der Waals surface area contributed by atoms with Crippen LogP contribution in [-0.2, 0) is 16.1 Å². The summed E-state index contributed by atoms with van der Waals surface area (Å²) in [6, 6.07) is 4.84. The van der Waals surface area contributed by atoms with Crippen LogP contribution in [0.3, 0.4) is 0 Å². The lowest BCUT2D eigenvalue weighted by molar-refractivity contribution is -0.133. The smallest absolute Gasteiger partial charge is 0.222 e. The Kier molecular flexibility index (Phi) is 9.55. The SMILES string of the molecule is COCCCN(C[C@@H]1CCCN2CCCC[C@H]12)C(=O)CCCCCn1cccc1. The van der Waals surface area contributed by atoms with E-state index in [1.807, 2.05) is 0 Å². The van der Waals surface area contributed by atoms with Crippen molar-refractivity contribution in [3.63, 3.8) is 0 Å². The molecule has 3 heterocycles. The quantitative estimate of drug-likeness (QED) is 0.492. The Morgan fingerprint density at radius 1 is 1.03 bits per heavy atom. The van der Waals surface area contributed by atoms with Crippen LogP contribution in [0.1, 0.15) is 64.2 Å². The fraction of sp³-hybridized carbons (Fsp3) is 0.792. The van der Waals surface area contributed by atoms with Crippen molar-refractivity contribution in [2.75, 3.05) is 39.9 Å². The lowest BCUT2D eigenvalue weighted by Crippen LogP contribution is -2.51. The Labute approximate surface area is 177 Å². The Bertz CT molecular complexity index is 573. The van der Waals surface area contributed by atoms with Gasteiger partial charge in [0.15, 0.2) is 0 Å². The van der Waals surface area contributed by atoms with Crippen molar-refractivity contribution in [2.45, 2.75) is 76.8 Å². The number of unbranched alkanes of at least 4 members (excludes halogenated alkanes) is 2. The van der Waals surface area contributed by atoms with Crippen molar-refractivity contribution < 1.29 is 9.53 Å². The molecule has 2 aliphatic heterocycles. The van der Waals surface area contributed by atoms with Gasteiger partial charge >= 0.3 is 0 Å². The standard InChI is InChI=1S/C24H41N3O2/c1-29-20-10-19-27(21-22-11-9-18-26-17-6-4-12-23(22)26)24(28)13-3-2-5-14-25-15-7-8-16-25/h7-8,15-16,22-23H,2-6,9-14,17-21H2,1H3/t22-,23+/m0/s1. The number of ether oxygens (including phenoxy) is 1. The Morgan fingerprint density at radius 3 is 2.69 bits per heavy atom. The number of methoxy groups -OCH3 is 1. The van der Waals surface area contributed by atoms with E-state index in [1.54, 1.807) is 7.11 Å². The van der Waals surface area contributed by atoms with Gasteiger partial charge in [0.2, 0.25) is 5.91 Å². The molecule has 0 bridgehead atoms. The van der Waals surface area contributed by atoms with E-state index in [2.05, 4.69) is 38.9 Å². The predicted octanol–water partition coefficient (Wildman–Crippen LogP) is 4.18. The number of aromatic nitrogens is 1. The van der Waals surface area contributed by atoms with E-state index in [9.17, 15) is 4.79 Å². The maximum absolute atomic E-state index is 13.0. The van der Waals surface area contributed by atoms with Gasteiger partial charge in [0.1, 0.15) is 0 Å². The number of rotatable bonds is 12. The van der Waals surface area contributed by atoms with E-state index in [4.69, 9.17) is 4.74 Å². The van der Waals surface area contributed by atoms with Gasteiger partial charge in [0.25, 0.3) is 0 Å². The molecule has 0 aliphatic carbocycles. The lowest BCUT2D eigenvalue weighted by atomic mass is 9.83. The molecule has 164 valence electrons. The second kappa shape index (κ2) is 12.4. The minimum atomic E-state index is 0.356. The third-order valence-electron chi connectivity index (χ3n) is 6.79. The van der Waals surface area contributed by atoms with Crippen LogP contribution < -0.4 is 0 Å². The maximum Gasteiger partial charge on any atom is 0.222 e. The van der Waals surface area contributed by atoms with Crippen molar-refractivity contribution in [2.24, 2.45) is 5.92 Å². The van der Waals surface area contributed by atoms with Crippen LogP contribution in [0, 0.1) is 5.92 Å². The molecule has 2 aliphatic rings. The van der Waals surface area contributed by atoms with Gasteiger partial charge in [-0.1, -0.05) is 12.8 Å². The molecular weight excluding hydrogens is 362 g/mol. The monoisotopic (exact) mass is 403 g/mol. The first kappa shape index (κ1) is 22.4. The van der Waals surface area contributed by atoms with Crippen molar-refractivity contribution in [3.8, 4) is 0 Å². The van der Waals surface area contributed by atoms with Gasteiger partial charge in [0, 0.05) is 58.2 Å². The van der Waals surface area contributed by atoms with Crippen LogP contribution in [0.15, 0.2) is 24.5 Å². The molecule has 2 saturated heterocycles. The minimum Gasteiger partial charge on any atom is -0.385 e. The first-order chi connectivity index (χ1) is 14.3. The van der Waals surface area contributed by atoms with Crippen LogP contribution in [-0.4, -0.2) is 66.2 Å². The average Bonchev–Trinajstić information content (AvgIpc) is 3.26. The maximum atomic E-state index is 13.0. The van der Waals surface area contributed by atoms with Crippen molar-refractivity contribution in [3.05, 3.63) is 24.5 Å². The largest absolute Gasteiger partial charge is 0.385 e. The number of aryl methyl sites for hydroxylation is 1. The van der Waals surface area contributed by atoms with Crippen molar-refractivity contribution in [1.82, 2.24) is 14.4 Å². The first-order valence-corrected chi connectivity index (χ1v) is 11.9. The first-order valence-electron chi connectivity index (χ1n) is 11.9. The topological polar surface area (TPSA) is 37.7 Å². The van der Waals surface area contributed by atoms with Crippen molar-refractivity contribution >= 4 is 5.91 Å². The molecule has 2 fully saturated rings. The summed E-state index contributed by atoms with van der Waals surface area (Å²) in [5.74, 6) is 1.01. The minimum absolute atomic E-state index is 0.356. The number of carbonyl (C=O) groups excluding carboxylic acids is 1. The van der Waals surface area contributed by atoms with Gasteiger partial charge in [0.05, 0.1) is 0 Å². The van der Waals surface area contributed by atoms with Crippen LogP contribution in [0.2, 0.25) is 0 Å². The molecule has 1 aromatic rings. The van der Waals surface area contributed by atoms with E-state index in [0.29, 0.717) is 24.3 Å². The molecular formula is C24H41N3O2. The molecule has 29 heavy (non-hydrogen) atoms. The Balaban J connectivity index is 1.45. The van der Waals surface area contributed by atoms with E-state index in [1.165, 1.54) is 45.2 Å². The number of carbonyl (C=O) groups is 1. The number of amides is 1. The molecule has 0 saturated carbocycles. The molecule has 5 nitrogen and oxygen atoms in total. The molecule has 1 amide bonds. The summed E-state index contributed by atoms with van der Waals surface area (Å²) in [4.78, 5) is 17.9. The number of fused-ring (bicyclic) bond motifs is 1. The fourth-order valence-corrected chi connectivity index (χ4v) is 5.22. The highest BCUT2D eigenvalue weighted by molar-refractivity contribution is 5.76. The van der Waals surface area contributed by atoms with Gasteiger partial charge in [-0.3, -0.25) is 4.79 Å². The highest BCUT2D eigenvalue weighted by atomic mass is 16.5. The zero-order chi connectivity index (χ0) is 20.3. The van der Waals surface area contributed by atoms with Gasteiger partial charge < -0.3 is 19.1 Å². The molecule has 1 aromatic heterocycles. The number of hydrogen-bond donors (Lipinski definition) is 0. The van der Waals surface area contributed by atoms with Gasteiger partial charge in [-0.05, 0) is 76.1 Å². The third-order valence-corrected chi connectivity index (χ3v) is 6.79. The summed E-state index contributed by atoms with van der Waals surface area (Å²) in [5, 5.41) is 0. The van der Waals surface area contributed by atoms with E-state index in [0.717, 1.165) is 51.9 Å². The Hall–Kier alpha value is -1.33. The van der Waals surface area contributed by atoms with Crippen LogP contribution in [0.5, 0.6) is 0 Å². The second-order valence-electron chi connectivity index (χ2n) is 8.92. The third kappa shape index (κ3) is 7.14. The van der Waals surface area contributed by atoms with Crippen LogP contribution in [0.25, 0.3) is 0 Å². The van der Waals surface area contributed by atoms with Crippen LogP contribution in [0.4, 0.5) is 0 Å². The number of piperidine rings is 2. The van der Waals surface area contributed by atoms with E-state index in [-0.39, 0.29) is 0 Å². The number of hydrogen-bond acceptors (Lipinski definition) is 3. The van der Waals surface area contributed by atoms with E-state index >= 15 is 0 Å². The summed E-state index contributed by atoms with van der Waals surface area (Å²) in [5.41, 5.74) is 0. The number of nitrogens with zero attached hydrogens (tertiary/aromatic N) is 3. The summed E-state index contributed by atoms with van der Waals surface area (Å²) in [6.07, 6.45) is 15.7. The van der Waals surface area contributed by atoms with Gasteiger partial charge in [-0.25, -0.2) is 0 Å². The average molecular weight is 404 g/mol. The van der Waals surface area contributed by atoms with Gasteiger partial charge in [-0.2, -0.15) is 0 Å². The zero-order valence-corrected chi connectivity index (χ0v) is 18.4. The van der Waals surface area contributed by atoms with Crippen LogP contribution >= 0.6 is 0 Å². The molecule has 0 aromatic carbocycles. The van der Waals surface area contributed by atoms with E-state index < -0.39 is 0 Å². The molecule has 0 radical (unpaired) electrons. The lowest BCUT2D eigenvalue weighted by Gasteiger charge is -2.45. The molecule has 5 heteroatoms.